The van der Waals surface area contributed by atoms with Gasteiger partial charge in [-0.25, -0.2) is 4.79 Å². The van der Waals surface area contributed by atoms with Crippen LogP contribution in [0.25, 0.3) is 0 Å². The Balaban J connectivity index is 2.28. The zero-order valence-electron chi connectivity index (χ0n) is 11.0. The molecule has 0 N–H and O–H groups in total. The maximum absolute atomic E-state index is 11.8. The van der Waals surface area contributed by atoms with Crippen molar-refractivity contribution in [2.75, 3.05) is 7.11 Å². The van der Waals surface area contributed by atoms with Crippen molar-refractivity contribution in [1.82, 2.24) is 0 Å². The van der Waals surface area contributed by atoms with E-state index in [-0.39, 0.29) is 11.1 Å². The molecule has 0 unspecified atom stereocenters. The van der Waals surface area contributed by atoms with E-state index < -0.39 is 5.97 Å². The summed E-state index contributed by atoms with van der Waals surface area (Å²) in [4.78, 5) is 11.8. The van der Waals surface area contributed by atoms with Gasteiger partial charge in [-0.15, -0.1) is 0 Å². The van der Waals surface area contributed by atoms with E-state index in [2.05, 4.69) is 0 Å². The molecule has 2 aromatic rings. The van der Waals surface area contributed by atoms with E-state index in [1.807, 2.05) is 36.4 Å². The summed E-state index contributed by atoms with van der Waals surface area (Å²) >= 11 is 0. The van der Waals surface area contributed by atoms with Gasteiger partial charge in [0.2, 0.25) is 0 Å². The standard InChI is InChI=1S/C16H13NO3/c1-19-16(18)15-13(10-17)8-5-9-14(15)20-11-12-6-3-2-4-7-12/h2-9H,11H2,1H3. The summed E-state index contributed by atoms with van der Waals surface area (Å²) in [5, 5.41) is 9.06. The second-order valence-corrected chi connectivity index (χ2v) is 4.06. The van der Waals surface area contributed by atoms with Gasteiger partial charge in [0.15, 0.2) is 0 Å². The first-order valence-electron chi connectivity index (χ1n) is 6.04. The third-order valence-corrected chi connectivity index (χ3v) is 2.77. The summed E-state index contributed by atoms with van der Waals surface area (Å²) in [6.07, 6.45) is 0. The van der Waals surface area contributed by atoms with E-state index >= 15 is 0 Å². The van der Waals surface area contributed by atoms with Crippen LogP contribution in [0.4, 0.5) is 0 Å². The van der Waals surface area contributed by atoms with Crippen molar-refractivity contribution in [3.63, 3.8) is 0 Å². The van der Waals surface area contributed by atoms with Crippen LogP contribution in [0.5, 0.6) is 5.75 Å². The molecule has 2 rings (SSSR count). The minimum atomic E-state index is -0.579. The normalized spacial score (nSPS) is 9.60. The first-order valence-corrected chi connectivity index (χ1v) is 6.04. The number of carbonyl (C=O) groups excluding carboxylic acids is 1. The van der Waals surface area contributed by atoms with Gasteiger partial charge in [-0.05, 0) is 17.7 Å². The maximum atomic E-state index is 11.8. The lowest BCUT2D eigenvalue weighted by atomic mass is 10.1. The van der Waals surface area contributed by atoms with E-state index in [1.54, 1.807) is 18.2 Å². The Hall–Kier alpha value is -2.80. The number of benzene rings is 2. The lowest BCUT2D eigenvalue weighted by Gasteiger charge is -2.11. The number of ether oxygens (including phenoxy) is 2. The molecule has 0 aromatic heterocycles. The molecule has 4 nitrogen and oxygen atoms in total. The number of esters is 1. The van der Waals surface area contributed by atoms with Gasteiger partial charge in [0.05, 0.1) is 12.7 Å². The number of nitrogens with zero attached hydrogens (tertiary/aromatic N) is 1. The average molecular weight is 267 g/mol. The van der Waals surface area contributed by atoms with E-state index in [0.717, 1.165) is 5.56 Å². The third kappa shape index (κ3) is 2.96. The highest BCUT2D eigenvalue weighted by atomic mass is 16.5. The largest absolute Gasteiger partial charge is 0.488 e. The topological polar surface area (TPSA) is 59.3 Å². The first kappa shape index (κ1) is 13.6. The lowest BCUT2D eigenvalue weighted by Crippen LogP contribution is -2.08. The van der Waals surface area contributed by atoms with Crippen molar-refractivity contribution in [2.24, 2.45) is 0 Å². The number of carbonyl (C=O) groups is 1. The molecule has 100 valence electrons. The van der Waals surface area contributed by atoms with Gasteiger partial charge in [0.25, 0.3) is 0 Å². The van der Waals surface area contributed by atoms with Crippen molar-refractivity contribution in [3.8, 4) is 11.8 Å². The van der Waals surface area contributed by atoms with Crippen LogP contribution in [-0.4, -0.2) is 13.1 Å². The predicted octanol–water partition coefficient (Wildman–Crippen LogP) is 2.92. The molecule has 2 aromatic carbocycles. The van der Waals surface area contributed by atoms with Crippen LogP contribution < -0.4 is 4.74 Å². The second kappa shape index (κ2) is 6.39. The van der Waals surface area contributed by atoms with Crippen LogP contribution in [0.1, 0.15) is 21.5 Å². The Morgan fingerprint density at radius 3 is 2.55 bits per heavy atom. The summed E-state index contributed by atoms with van der Waals surface area (Å²) < 4.78 is 10.3. The molecule has 0 bridgehead atoms. The van der Waals surface area contributed by atoms with Crippen LogP contribution in [0.3, 0.4) is 0 Å². The van der Waals surface area contributed by atoms with Crippen LogP contribution in [0, 0.1) is 11.3 Å². The highest BCUT2D eigenvalue weighted by molar-refractivity contribution is 5.95. The van der Waals surface area contributed by atoms with E-state index in [0.29, 0.717) is 12.4 Å². The van der Waals surface area contributed by atoms with Gasteiger partial charge in [0, 0.05) is 0 Å². The molecule has 0 saturated carbocycles. The van der Waals surface area contributed by atoms with Gasteiger partial charge in [0.1, 0.15) is 24.0 Å². The fraction of sp³-hybridized carbons (Fsp3) is 0.125. The SMILES string of the molecule is COC(=O)c1c(C#N)cccc1OCc1ccccc1. The number of hydrogen-bond acceptors (Lipinski definition) is 4. The molecule has 4 heteroatoms. The molecule has 0 aliphatic carbocycles. The molecule has 0 fully saturated rings. The molecule has 0 amide bonds. The molecule has 0 aliphatic heterocycles. The summed E-state index contributed by atoms with van der Waals surface area (Å²) in [5.74, 6) is -0.232. The van der Waals surface area contributed by atoms with Gasteiger partial charge in [-0.2, -0.15) is 5.26 Å². The monoisotopic (exact) mass is 267 g/mol. The molecule has 0 aliphatic rings. The number of nitriles is 1. The average Bonchev–Trinajstić information content (AvgIpc) is 2.52. The molecular weight excluding hydrogens is 254 g/mol. The van der Waals surface area contributed by atoms with E-state index in [4.69, 9.17) is 14.7 Å². The minimum Gasteiger partial charge on any atom is -0.488 e. The molecule has 0 saturated heterocycles. The van der Waals surface area contributed by atoms with Crippen molar-refractivity contribution >= 4 is 5.97 Å². The van der Waals surface area contributed by atoms with Crippen LogP contribution in [0.15, 0.2) is 48.5 Å². The highest BCUT2D eigenvalue weighted by Gasteiger charge is 2.18. The van der Waals surface area contributed by atoms with Crippen molar-refractivity contribution in [2.45, 2.75) is 6.61 Å². The van der Waals surface area contributed by atoms with Gasteiger partial charge < -0.3 is 9.47 Å². The smallest absolute Gasteiger partial charge is 0.343 e. The number of rotatable bonds is 4. The summed E-state index contributed by atoms with van der Waals surface area (Å²) in [7, 11) is 1.28. The molecule has 0 atom stereocenters. The molecule has 0 heterocycles. The highest BCUT2D eigenvalue weighted by Crippen LogP contribution is 2.24. The van der Waals surface area contributed by atoms with Crippen molar-refractivity contribution in [1.29, 1.82) is 5.26 Å². The Morgan fingerprint density at radius 1 is 1.15 bits per heavy atom. The molecular formula is C16H13NO3. The lowest BCUT2D eigenvalue weighted by molar-refractivity contribution is 0.0595. The van der Waals surface area contributed by atoms with Gasteiger partial charge >= 0.3 is 5.97 Å². The van der Waals surface area contributed by atoms with Gasteiger partial charge in [-0.3, -0.25) is 0 Å². The minimum absolute atomic E-state index is 0.161. The first-order chi connectivity index (χ1) is 9.76. The summed E-state index contributed by atoms with van der Waals surface area (Å²) in [6, 6.07) is 16.4. The predicted molar refractivity (Wildman–Crippen MR) is 73.3 cm³/mol. The zero-order valence-corrected chi connectivity index (χ0v) is 11.0. The van der Waals surface area contributed by atoms with Crippen LogP contribution in [-0.2, 0) is 11.3 Å². The van der Waals surface area contributed by atoms with Crippen LogP contribution in [0.2, 0.25) is 0 Å². The fourth-order valence-corrected chi connectivity index (χ4v) is 1.79. The zero-order chi connectivity index (χ0) is 14.4. The van der Waals surface area contributed by atoms with E-state index in [9.17, 15) is 4.79 Å². The number of methoxy groups -OCH3 is 1. The van der Waals surface area contributed by atoms with Crippen molar-refractivity contribution < 1.29 is 14.3 Å². The summed E-state index contributed by atoms with van der Waals surface area (Å²) in [5.41, 5.74) is 1.38. The third-order valence-electron chi connectivity index (χ3n) is 2.77. The Bertz CT molecular complexity index is 645. The molecule has 0 spiro atoms. The Morgan fingerprint density at radius 2 is 1.90 bits per heavy atom. The van der Waals surface area contributed by atoms with Crippen molar-refractivity contribution in [3.05, 3.63) is 65.2 Å². The van der Waals surface area contributed by atoms with Crippen LogP contribution >= 0.6 is 0 Å². The molecule has 0 radical (unpaired) electrons. The Kier molecular flexibility index (Phi) is 4.35. The maximum Gasteiger partial charge on any atom is 0.343 e. The van der Waals surface area contributed by atoms with E-state index in [1.165, 1.54) is 7.11 Å². The second-order valence-electron chi connectivity index (χ2n) is 4.06. The quantitative estimate of drug-likeness (QED) is 0.799. The fourth-order valence-electron chi connectivity index (χ4n) is 1.79. The number of hydrogen-bond donors (Lipinski definition) is 0. The summed E-state index contributed by atoms with van der Waals surface area (Å²) in [6.45, 7) is 0.319. The van der Waals surface area contributed by atoms with Gasteiger partial charge in [-0.1, -0.05) is 36.4 Å². The Labute approximate surface area is 117 Å². The molecule has 20 heavy (non-hydrogen) atoms.